The summed E-state index contributed by atoms with van der Waals surface area (Å²) in [4.78, 5) is 4.39. The molecule has 3 rings (SSSR count). The van der Waals surface area contributed by atoms with Gasteiger partial charge in [0.25, 0.3) is 0 Å². The molecule has 2 aromatic carbocycles. The molecule has 3 aromatic rings. The van der Waals surface area contributed by atoms with E-state index >= 15 is 0 Å². The molecule has 0 bridgehead atoms. The molecule has 0 aliphatic heterocycles. The van der Waals surface area contributed by atoms with Crippen LogP contribution in [-0.4, -0.2) is 17.7 Å². The second-order valence-electron chi connectivity index (χ2n) is 5.87. The van der Waals surface area contributed by atoms with Crippen molar-refractivity contribution in [2.75, 3.05) is 0 Å². The molecule has 4 nitrogen and oxygen atoms in total. The van der Waals surface area contributed by atoms with Crippen LogP contribution in [0.15, 0.2) is 84.0 Å². The molecule has 0 radical (unpaired) electrons. The summed E-state index contributed by atoms with van der Waals surface area (Å²) >= 11 is 0. The van der Waals surface area contributed by atoms with Gasteiger partial charge < -0.3 is 0 Å². The first-order valence-corrected chi connectivity index (χ1v) is 9.50. The molecule has 0 N–H and O–H groups in total. The van der Waals surface area contributed by atoms with Gasteiger partial charge in [-0.2, -0.15) is 4.31 Å². The Morgan fingerprint density at radius 2 is 1.60 bits per heavy atom. The molecule has 1 aromatic heterocycles. The predicted octanol–water partition coefficient (Wildman–Crippen LogP) is 3.78. The van der Waals surface area contributed by atoms with Crippen LogP contribution in [0.5, 0.6) is 0 Å². The first-order chi connectivity index (χ1) is 12.1. The molecule has 128 valence electrons. The Hall–Kier alpha value is -2.50. The monoisotopic (exact) mass is 352 g/mol. The molecule has 0 saturated heterocycles. The lowest BCUT2D eigenvalue weighted by Gasteiger charge is -2.23. The highest BCUT2D eigenvalue weighted by atomic mass is 32.2. The van der Waals surface area contributed by atoms with Gasteiger partial charge in [-0.3, -0.25) is 4.98 Å². The van der Waals surface area contributed by atoms with Gasteiger partial charge in [0, 0.05) is 25.5 Å². The van der Waals surface area contributed by atoms with Gasteiger partial charge in [-0.1, -0.05) is 48.5 Å². The van der Waals surface area contributed by atoms with Crippen molar-refractivity contribution in [3.63, 3.8) is 0 Å². The summed E-state index contributed by atoms with van der Waals surface area (Å²) in [5, 5.41) is 0. The quantitative estimate of drug-likeness (QED) is 0.678. The van der Waals surface area contributed by atoms with Gasteiger partial charge >= 0.3 is 0 Å². The van der Waals surface area contributed by atoms with Gasteiger partial charge in [-0.25, -0.2) is 8.42 Å². The molecule has 0 spiro atoms. The summed E-state index contributed by atoms with van der Waals surface area (Å²) in [6, 6.07) is 20.1. The van der Waals surface area contributed by atoms with E-state index in [1.807, 2.05) is 49.4 Å². The molecule has 25 heavy (non-hydrogen) atoms. The van der Waals surface area contributed by atoms with Crippen LogP contribution in [0.1, 0.15) is 16.7 Å². The third kappa shape index (κ3) is 4.13. The molecule has 0 saturated carbocycles. The first kappa shape index (κ1) is 17.3. The molecule has 0 amide bonds. The van der Waals surface area contributed by atoms with Crippen LogP contribution in [0, 0.1) is 6.92 Å². The van der Waals surface area contributed by atoms with Crippen molar-refractivity contribution in [1.29, 1.82) is 0 Å². The van der Waals surface area contributed by atoms with Gasteiger partial charge in [-0.15, -0.1) is 0 Å². The van der Waals surface area contributed by atoms with Crippen LogP contribution in [-0.2, 0) is 23.1 Å². The number of sulfonamides is 1. The van der Waals surface area contributed by atoms with Crippen molar-refractivity contribution >= 4 is 10.0 Å². The average Bonchev–Trinajstić information content (AvgIpc) is 2.64. The summed E-state index contributed by atoms with van der Waals surface area (Å²) in [6.45, 7) is 2.59. The second-order valence-corrected chi connectivity index (χ2v) is 7.81. The highest BCUT2D eigenvalue weighted by Gasteiger charge is 2.25. The molecule has 0 unspecified atom stereocenters. The summed E-state index contributed by atoms with van der Waals surface area (Å²) < 4.78 is 27.8. The fraction of sp³-hybridized carbons (Fsp3) is 0.150. The molecule has 1 heterocycles. The summed E-state index contributed by atoms with van der Waals surface area (Å²) in [7, 11) is -3.61. The maximum absolute atomic E-state index is 13.2. The van der Waals surface area contributed by atoms with E-state index in [9.17, 15) is 8.42 Å². The number of rotatable bonds is 6. The Morgan fingerprint density at radius 1 is 0.880 bits per heavy atom. The standard InChI is InChI=1S/C20H20N2O2S/c1-17-8-5-6-10-19(17)16-22(15-18-9-7-13-21-14-18)25(23,24)20-11-3-2-4-12-20/h2-14H,15-16H2,1H3. The molecule has 0 aliphatic carbocycles. The highest BCUT2D eigenvalue weighted by molar-refractivity contribution is 7.89. The zero-order valence-corrected chi connectivity index (χ0v) is 14.9. The van der Waals surface area contributed by atoms with E-state index in [-0.39, 0.29) is 6.54 Å². The average molecular weight is 352 g/mol. The smallest absolute Gasteiger partial charge is 0.243 e. The van der Waals surface area contributed by atoms with Crippen LogP contribution in [0.3, 0.4) is 0 Å². The first-order valence-electron chi connectivity index (χ1n) is 8.06. The Morgan fingerprint density at radius 3 is 2.28 bits per heavy atom. The lowest BCUT2D eigenvalue weighted by Crippen LogP contribution is -2.30. The van der Waals surface area contributed by atoms with Gasteiger partial charge in [0.05, 0.1) is 4.90 Å². The van der Waals surface area contributed by atoms with Crippen LogP contribution >= 0.6 is 0 Å². The van der Waals surface area contributed by atoms with E-state index in [1.165, 1.54) is 4.31 Å². The van der Waals surface area contributed by atoms with Gasteiger partial charge in [0.2, 0.25) is 10.0 Å². The van der Waals surface area contributed by atoms with E-state index in [0.717, 1.165) is 16.7 Å². The zero-order chi connectivity index (χ0) is 17.7. The molecular formula is C20H20N2O2S. The number of pyridine rings is 1. The van der Waals surface area contributed by atoms with Crippen molar-refractivity contribution in [3.8, 4) is 0 Å². The minimum absolute atomic E-state index is 0.277. The van der Waals surface area contributed by atoms with Gasteiger partial charge in [0.1, 0.15) is 0 Å². The Bertz CT molecular complexity index is 926. The number of hydrogen-bond donors (Lipinski definition) is 0. The second kappa shape index (κ2) is 7.59. The number of hydrogen-bond acceptors (Lipinski definition) is 3. The Balaban J connectivity index is 1.98. The summed E-state index contributed by atoms with van der Waals surface area (Å²) in [6.07, 6.45) is 3.38. The minimum Gasteiger partial charge on any atom is -0.264 e. The SMILES string of the molecule is Cc1ccccc1CN(Cc1cccnc1)S(=O)(=O)c1ccccc1. The Kier molecular flexibility index (Phi) is 5.26. The Labute approximate surface area is 148 Å². The van der Waals surface area contributed by atoms with Crippen molar-refractivity contribution in [1.82, 2.24) is 9.29 Å². The fourth-order valence-electron chi connectivity index (χ4n) is 2.64. The maximum atomic E-state index is 13.2. The minimum atomic E-state index is -3.61. The van der Waals surface area contributed by atoms with Crippen molar-refractivity contribution < 1.29 is 8.42 Å². The molecule has 0 atom stereocenters. The highest BCUT2D eigenvalue weighted by Crippen LogP contribution is 2.22. The fourth-order valence-corrected chi connectivity index (χ4v) is 4.07. The molecular weight excluding hydrogens is 332 g/mol. The van der Waals surface area contributed by atoms with Crippen molar-refractivity contribution in [3.05, 3.63) is 95.8 Å². The topological polar surface area (TPSA) is 50.3 Å². The van der Waals surface area contributed by atoms with Gasteiger partial charge in [-0.05, 0) is 41.8 Å². The maximum Gasteiger partial charge on any atom is 0.243 e. The number of aromatic nitrogens is 1. The van der Waals surface area contributed by atoms with Gasteiger partial charge in [0.15, 0.2) is 0 Å². The predicted molar refractivity (Wildman–Crippen MR) is 98.3 cm³/mol. The molecule has 0 fully saturated rings. The van der Waals surface area contributed by atoms with Crippen molar-refractivity contribution in [2.24, 2.45) is 0 Å². The zero-order valence-electron chi connectivity index (χ0n) is 14.0. The van der Waals surface area contributed by atoms with E-state index in [0.29, 0.717) is 11.4 Å². The van der Waals surface area contributed by atoms with Crippen LogP contribution in [0.2, 0.25) is 0 Å². The number of aryl methyl sites for hydroxylation is 1. The third-order valence-electron chi connectivity index (χ3n) is 4.07. The lowest BCUT2D eigenvalue weighted by atomic mass is 10.1. The van der Waals surface area contributed by atoms with E-state index in [2.05, 4.69) is 4.98 Å². The molecule has 0 aliphatic rings. The van der Waals surface area contributed by atoms with Crippen LogP contribution in [0.4, 0.5) is 0 Å². The van der Waals surface area contributed by atoms with Crippen LogP contribution < -0.4 is 0 Å². The lowest BCUT2D eigenvalue weighted by molar-refractivity contribution is 0.400. The third-order valence-corrected chi connectivity index (χ3v) is 5.88. The van der Waals surface area contributed by atoms with E-state index < -0.39 is 10.0 Å². The van der Waals surface area contributed by atoms with E-state index in [1.54, 1.807) is 36.7 Å². The largest absolute Gasteiger partial charge is 0.264 e. The molecule has 5 heteroatoms. The normalized spacial score (nSPS) is 11.6. The summed E-state index contributed by atoms with van der Waals surface area (Å²) in [5.41, 5.74) is 2.92. The van der Waals surface area contributed by atoms with E-state index in [4.69, 9.17) is 0 Å². The van der Waals surface area contributed by atoms with Crippen molar-refractivity contribution in [2.45, 2.75) is 24.9 Å². The number of benzene rings is 2. The summed E-state index contributed by atoms with van der Waals surface area (Å²) in [5.74, 6) is 0. The van der Waals surface area contributed by atoms with Crippen LogP contribution in [0.25, 0.3) is 0 Å². The number of nitrogens with zero attached hydrogens (tertiary/aromatic N) is 2.